The molecule has 3 N–H and O–H groups in total. The van der Waals surface area contributed by atoms with E-state index in [0.29, 0.717) is 16.8 Å². The number of carbonyl (C=O) groups is 3. The molecule has 33 heavy (non-hydrogen) atoms. The number of benzene rings is 2. The van der Waals surface area contributed by atoms with Gasteiger partial charge in [0, 0.05) is 23.7 Å². The minimum Gasteiger partial charge on any atom is -0.480 e. The highest BCUT2D eigenvalue weighted by Gasteiger charge is 2.68. The van der Waals surface area contributed by atoms with E-state index < -0.39 is 27.7 Å². The summed E-state index contributed by atoms with van der Waals surface area (Å²) in [5.41, 5.74) is 1.46. The van der Waals surface area contributed by atoms with Crippen molar-refractivity contribution in [1.29, 1.82) is 0 Å². The second-order valence-corrected chi connectivity index (χ2v) is 9.79. The molecule has 1 heterocycles. The quantitative estimate of drug-likeness (QED) is 0.435. The van der Waals surface area contributed by atoms with Gasteiger partial charge in [0.2, 0.25) is 5.91 Å². The molecule has 1 aliphatic rings. The van der Waals surface area contributed by atoms with E-state index in [1.165, 1.54) is 0 Å². The number of hydrogen-bond donors (Lipinski definition) is 3. The monoisotopic (exact) mass is 485 g/mol. The van der Waals surface area contributed by atoms with E-state index in [2.05, 4.69) is 15.6 Å². The summed E-state index contributed by atoms with van der Waals surface area (Å²) in [6.07, 6.45) is 1.92. The van der Waals surface area contributed by atoms with Crippen LogP contribution in [0.5, 0.6) is 0 Å². The number of nitrogens with zero attached hydrogens (tertiary/aromatic N) is 1. The van der Waals surface area contributed by atoms with Crippen molar-refractivity contribution in [3.05, 3.63) is 71.9 Å². The summed E-state index contributed by atoms with van der Waals surface area (Å²) in [5, 5.41) is 15.7. The standard InChI is InChI=1S/C24H21Cl2N3O4/c1-23(13-24(23,25)26)22(33)29-19(21(31)32)12-14-6-8-15(9-7-14)28-20(30)17-10-11-27-18-5-3-2-4-16(17)18/h2-11,19H,12-13H2,1H3,(H,28,30)(H,29,33)(H,31,32)/t19-,23?/m0/s1. The van der Waals surface area contributed by atoms with Gasteiger partial charge in [-0.25, -0.2) is 4.79 Å². The lowest BCUT2D eigenvalue weighted by Crippen LogP contribution is -2.46. The molecule has 170 valence electrons. The number of carbonyl (C=O) groups excluding carboxylic acids is 2. The van der Waals surface area contributed by atoms with E-state index >= 15 is 0 Å². The van der Waals surface area contributed by atoms with Gasteiger partial charge in [-0.1, -0.05) is 30.3 Å². The van der Waals surface area contributed by atoms with Crippen LogP contribution in [0.4, 0.5) is 5.69 Å². The maximum atomic E-state index is 12.8. The highest BCUT2D eigenvalue weighted by molar-refractivity contribution is 6.53. The van der Waals surface area contributed by atoms with E-state index in [0.717, 1.165) is 10.9 Å². The SMILES string of the molecule is CC1(C(=O)N[C@@H](Cc2ccc(NC(=O)c3ccnc4ccccc34)cc2)C(=O)O)CC1(Cl)Cl. The van der Waals surface area contributed by atoms with Gasteiger partial charge in [0.15, 0.2) is 0 Å². The number of carboxylic acid groups (broad SMARTS) is 1. The van der Waals surface area contributed by atoms with Crippen molar-refractivity contribution in [1.82, 2.24) is 10.3 Å². The fraction of sp³-hybridized carbons (Fsp3) is 0.250. The molecule has 1 saturated carbocycles. The molecule has 0 radical (unpaired) electrons. The molecule has 1 aromatic heterocycles. The highest BCUT2D eigenvalue weighted by atomic mass is 35.5. The first-order valence-corrected chi connectivity index (χ1v) is 11.0. The van der Waals surface area contributed by atoms with E-state index in [9.17, 15) is 19.5 Å². The lowest BCUT2D eigenvalue weighted by atomic mass is 10.0. The Morgan fingerprint density at radius 1 is 1.09 bits per heavy atom. The molecule has 1 unspecified atom stereocenters. The Morgan fingerprint density at radius 2 is 1.76 bits per heavy atom. The number of nitrogens with one attached hydrogen (secondary N) is 2. The Balaban J connectivity index is 1.42. The smallest absolute Gasteiger partial charge is 0.326 e. The number of halogens is 2. The second-order valence-electron chi connectivity index (χ2n) is 8.31. The van der Waals surface area contributed by atoms with Crippen LogP contribution in [0.15, 0.2) is 60.8 Å². The molecule has 0 saturated heterocycles. The van der Waals surface area contributed by atoms with E-state index in [1.54, 1.807) is 43.5 Å². The summed E-state index contributed by atoms with van der Waals surface area (Å²) in [4.78, 5) is 41.2. The molecular formula is C24H21Cl2N3O4. The zero-order valence-corrected chi connectivity index (χ0v) is 19.2. The molecule has 1 aliphatic carbocycles. The molecule has 9 heteroatoms. The average molecular weight is 486 g/mol. The summed E-state index contributed by atoms with van der Waals surface area (Å²) in [7, 11) is 0. The molecule has 0 bridgehead atoms. The molecule has 0 spiro atoms. The van der Waals surface area contributed by atoms with Crippen molar-refractivity contribution in [3.63, 3.8) is 0 Å². The number of aromatic nitrogens is 1. The molecule has 1 fully saturated rings. The third kappa shape index (κ3) is 4.65. The minimum absolute atomic E-state index is 0.0674. The zero-order chi connectivity index (χ0) is 23.8. The number of rotatable bonds is 7. The Kier molecular flexibility index (Phi) is 6.03. The fourth-order valence-corrected chi connectivity index (χ4v) is 4.32. The van der Waals surface area contributed by atoms with Crippen LogP contribution < -0.4 is 10.6 Å². The van der Waals surface area contributed by atoms with E-state index in [4.69, 9.17) is 23.2 Å². The number of pyridine rings is 1. The molecule has 2 aromatic carbocycles. The summed E-state index contributed by atoms with van der Waals surface area (Å²) in [6, 6.07) is 14.7. The first-order valence-electron chi connectivity index (χ1n) is 10.3. The van der Waals surface area contributed by atoms with Crippen LogP contribution in [0.3, 0.4) is 0 Å². The fourth-order valence-electron chi connectivity index (χ4n) is 3.62. The first kappa shape index (κ1) is 23.0. The predicted octanol–water partition coefficient (Wildman–Crippen LogP) is 4.18. The first-order chi connectivity index (χ1) is 15.6. The van der Waals surface area contributed by atoms with Gasteiger partial charge in [0.1, 0.15) is 10.4 Å². The molecule has 3 aromatic rings. The third-order valence-electron chi connectivity index (χ3n) is 5.91. The van der Waals surface area contributed by atoms with E-state index in [1.807, 2.05) is 24.3 Å². The minimum atomic E-state index is -1.18. The number of amides is 2. The maximum absolute atomic E-state index is 12.8. The van der Waals surface area contributed by atoms with Gasteiger partial charge >= 0.3 is 5.97 Å². The summed E-state index contributed by atoms with van der Waals surface area (Å²) >= 11 is 12.0. The molecule has 7 nitrogen and oxygen atoms in total. The number of para-hydroxylation sites is 1. The molecule has 2 atom stereocenters. The number of hydrogen-bond acceptors (Lipinski definition) is 4. The van der Waals surface area contributed by atoms with Crippen LogP contribution in [-0.2, 0) is 16.0 Å². The number of fused-ring (bicyclic) bond motifs is 1. The Labute approximate surface area is 200 Å². The summed E-state index contributed by atoms with van der Waals surface area (Å²) < 4.78 is -1.18. The second kappa shape index (κ2) is 8.65. The van der Waals surface area contributed by atoms with Crippen molar-refractivity contribution >= 4 is 57.6 Å². The largest absolute Gasteiger partial charge is 0.480 e. The van der Waals surface area contributed by atoms with Crippen molar-refractivity contribution in [3.8, 4) is 0 Å². The van der Waals surface area contributed by atoms with Gasteiger partial charge in [0.05, 0.1) is 16.5 Å². The van der Waals surface area contributed by atoms with Gasteiger partial charge in [-0.2, -0.15) is 0 Å². The topological polar surface area (TPSA) is 108 Å². The molecular weight excluding hydrogens is 465 g/mol. The predicted molar refractivity (Wildman–Crippen MR) is 127 cm³/mol. The van der Waals surface area contributed by atoms with Gasteiger partial charge in [-0.05, 0) is 43.2 Å². The lowest BCUT2D eigenvalue weighted by molar-refractivity contribution is -0.142. The number of anilines is 1. The number of carboxylic acids is 1. The maximum Gasteiger partial charge on any atom is 0.326 e. The van der Waals surface area contributed by atoms with Crippen LogP contribution in [0, 0.1) is 5.41 Å². The Hall–Kier alpha value is -3.16. The normalized spacial score (nSPS) is 19.5. The Bertz CT molecular complexity index is 1240. The van der Waals surface area contributed by atoms with Crippen LogP contribution in [0.25, 0.3) is 10.9 Å². The van der Waals surface area contributed by atoms with Gasteiger partial charge in [-0.15, -0.1) is 23.2 Å². The van der Waals surface area contributed by atoms with Crippen molar-refractivity contribution in [2.75, 3.05) is 5.32 Å². The lowest BCUT2D eigenvalue weighted by Gasteiger charge is -2.19. The number of aliphatic carboxylic acids is 1. The number of alkyl halides is 2. The Morgan fingerprint density at radius 3 is 2.39 bits per heavy atom. The van der Waals surface area contributed by atoms with Crippen LogP contribution in [-0.4, -0.2) is 38.2 Å². The van der Waals surface area contributed by atoms with Crippen molar-refractivity contribution < 1.29 is 19.5 Å². The highest BCUT2D eigenvalue weighted by Crippen LogP contribution is 2.63. The van der Waals surface area contributed by atoms with Crippen molar-refractivity contribution in [2.45, 2.75) is 30.1 Å². The third-order valence-corrected chi connectivity index (χ3v) is 7.01. The van der Waals surface area contributed by atoms with Gasteiger partial charge in [0.25, 0.3) is 5.91 Å². The van der Waals surface area contributed by atoms with Gasteiger partial charge < -0.3 is 15.7 Å². The van der Waals surface area contributed by atoms with Crippen LogP contribution >= 0.6 is 23.2 Å². The molecule has 2 amide bonds. The van der Waals surface area contributed by atoms with Gasteiger partial charge in [-0.3, -0.25) is 14.6 Å². The molecule has 4 rings (SSSR count). The zero-order valence-electron chi connectivity index (χ0n) is 17.6. The summed E-state index contributed by atoms with van der Waals surface area (Å²) in [5.74, 6) is -1.93. The van der Waals surface area contributed by atoms with Crippen molar-refractivity contribution in [2.24, 2.45) is 5.41 Å². The summed E-state index contributed by atoms with van der Waals surface area (Å²) in [6.45, 7) is 1.60. The van der Waals surface area contributed by atoms with Crippen LogP contribution in [0.1, 0.15) is 29.3 Å². The average Bonchev–Trinajstić information content (AvgIpc) is 3.32. The molecule has 0 aliphatic heterocycles. The van der Waals surface area contributed by atoms with Crippen LogP contribution in [0.2, 0.25) is 0 Å². The van der Waals surface area contributed by atoms with E-state index in [-0.39, 0.29) is 18.7 Å².